The summed E-state index contributed by atoms with van der Waals surface area (Å²) in [6.07, 6.45) is 4.04. The maximum atomic E-state index is 6.23. The van der Waals surface area contributed by atoms with E-state index in [1.807, 2.05) is 17.9 Å². The van der Waals surface area contributed by atoms with Crippen molar-refractivity contribution < 1.29 is 0 Å². The van der Waals surface area contributed by atoms with Crippen molar-refractivity contribution in [2.24, 2.45) is 12.8 Å². The molecular weight excluding hydrogens is 244 g/mol. The summed E-state index contributed by atoms with van der Waals surface area (Å²) < 4.78 is 1.86. The molecule has 4 atom stereocenters. The number of hydrogen-bond acceptors (Lipinski definition) is 4. The number of thioether (sulfide) groups is 1. The molecule has 5 heteroatoms. The van der Waals surface area contributed by atoms with E-state index in [0.29, 0.717) is 11.3 Å². The van der Waals surface area contributed by atoms with Crippen LogP contribution in [-0.4, -0.2) is 44.3 Å². The molecule has 0 aliphatic carbocycles. The summed E-state index contributed by atoms with van der Waals surface area (Å²) in [5, 5.41) is 4.95. The summed E-state index contributed by atoms with van der Waals surface area (Å²) in [6.45, 7) is 7.82. The van der Waals surface area contributed by atoms with Gasteiger partial charge in [0.25, 0.3) is 0 Å². The lowest BCUT2D eigenvalue weighted by molar-refractivity contribution is 0.130. The molecule has 0 radical (unpaired) electrons. The molecule has 1 saturated heterocycles. The first-order chi connectivity index (χ1) is 8.50. The second-order valence-electron chi connectivity index (χ2n) is 5.31. The molecule has 1 aliphatic heterocycles. The molecule has 102 valence electrons. The lowest BCUT2D eigenvalue weighted by Crippen LogP contribution is -2.50. The van der Waals surface area contributed by atoms with Crippen molar-refractivity contribution in [3.8, 4) is 0 Å². The first-order valence-corrected chi connectivity index (χ1v) is 7.67. The summed E-state index contributed by atoms with van der Waals surface area (Å²) >= 11 is 2.06. The minimum atomic E-state index is 0.118. The molecule has 1 aliphatic rings. The molecular formula is C13H24N4S. The Labute approximate surface area is 114 Å². The highest BCUT2D eigenvalue weighted by Gasteiger charge is 2.33. The van der Waals surface area contributed by atoms with Gasteiger partial charge in [0, 0.05) is 48.4 Å². The first kappa shape index (κ1) is 13.9. The Morgan fingerprint density at radius 1 is 1.50 bits per heavy atom. The van der Waals surface area contributed by atoms with Crippen LogP contribution in [0.1, 0.15) is 32.4 Å². The predicted molar refractivity (Wildman–Crippen MR) is 77.7 cm³/mol. The van der Waals surface area contributed by atoms with Gasteiger partial charge in [0.2, 0.25) is 0 Å². The smallest absolute Gasteiger partial charge is 0.0538 e. The van der Waals surface area contributed by atoms with Crippen LogP contribution in [0.25, 0.3) is 0 Å². The highest BCUT2D eigenvalue weighted by atomic mass is 32.2. The van der Waals surface area contributed by atoms with Crippen LogP contribution in [0.4, 0.5) is 0 Å². The monoisotopic (exact) mass is 268 g/mol. The van der Waals surface area contributed by atoms with Crippen LogP contribution in [-0.2, 0) is 7.05 Å². The van der Waals surface area contributed by atoms with Crippen LogP contribution >= 0.6 is 11.8 Å². The largest absolute Gasteiger partial charge is 0.326 e. The van der Waals surface area contributed by atoms with E-state index < -0.39 is 0 Å². The van der Waals surface area contributed by atoms with Crippen LogP contribution < -0.4 is 5.73 Å². The summed E-state index contributed by atoms with van der Waals surface area (Å²) in [5.74, 6) is 1.19. The standard InChI is InChI=1S/C13H24N4S/c1-9(14)13(12-7-15-16(4)8-12)17-5-6-18-11(3)10(17)2/h7-11,13H,5-6,14H2,1-4H3. The average Bonchev–Trinajstić information content (AvgIpc) is 2.71. The normalized spacial score (nSPS) is 29.2. The van der Waals surface area contributed by atoms with Gasteiger partial charge in [-0.2, -0.15) is 16.9 Å². The fraction of sp³-hybridized carbons (Fsp3) is 0.769. The highest BCUT2D eigenvalue weighted by molar-refractivity contribution is 8.00. The third kappa shape index (κ3) is 2.73. The number of nitrogens with zero attached hydrogens (tertiary/aromatic N) is 3. The van der Waals surface area contributed by atoms with Crippen LogP contribution in [0.5, 0.6) is 0 Å². The SMILES string of the molecule is CC(N)C(c1cnn(C)c1)N1CCSC(C)C1C. The van der Waals surface area contributed by atoms with Gasteiger partial charge in [-0.15, -0.1) is 0 Å². The van der Waals surface area contributed by atoms with E-state index in [1.165, 1.54) is 11.3 Å². The fourth-order valence-electron chi connectivity index (χ4n) is 2.74. The van der Waals surface area contributed by atoms with Crippen molar-refractivity contribution in [2.45, 2.75) is 44.1 Å². The molecule has 0 amide bonds. The molecule has 0 saturated carbocycles. The quantitative estimate of drug-likeness (QED) is 0.905. The van der Waals surface area contributed by atoms with Gasteiger partial charge in [0.15, 0.2) is 0 Å². The topological polar surface area (TPSA) is 47.1 Å². The Morgan fingerprint density at radius 2 is 2.22 bits per heavy atom. The Kier molecular flexibility index (Phi) is 4.35. The van der Waals surface area contributed by atoms with Crippen molar-refractivity contribution in [3.63, 3.8) is 0 Å². The minimum Gasteiger partial charge on any atom is -0.326 e. The van der Waals surface area contributed by atoms with E-state index in [2.05, 4.69) is 48.7 Å². The molecule has 4 nitrogen and oxygen atoms in total. The number of rotatable bonds is 3. The van der Waals surface area contributed by atoms with E-state index >= 15 is 0 Å². The zero-order chi connectivity index (χ0) is 13.3. The van der Waals surface area contributed by atoms with E-state index in [1.54, 1.807) is 0 Å². The molecule has 2 N–H and O–H groups in total. The van der Waals surface area contributed by atoms with Crippen molar-refractivity contribution in [1.82, 2.24) is 14.7 Å². The van der Waals surface area contributed by atoms with Crippen molar-refractivity contribution >= 4 is 11.8 Å². The molecule has 2 heterocycles. The molecule has 0 aromatic carbocycles. The molecule has 1 fully saturated rings. The average molecular weight is 268 g/mol. The van der Waals surface area contributed by atoms with Gasteiger partial charge in [-0.25, -0.2) is 0 Å². The van der Waals surface area contributed by atoms with Crippen LogP contribution in [0.15, 0.2) is 12.4 Å². The zero-order valence-corrected chi connectivity index (χ0v) is 12.5. The Hall–Kier alpha value is -0.520. The van der Waals surface area contributed by atoms with Gasteiger partial charge in [-0.05, 0) is 13.8 Å². The first-order valence-electron chi connectivity index (χ1n) is 6.62. The lowest BCUT2D eigenvalue weighted by Gasteiger charge is -2.43. The molecule has 18 heavy (non-hydrogen) atoms. The van der Waals surface area contributed by atoms with Gasteiger partial charge in [-0.1, -0.05) is 6.92 Å². The van der Waals surface area contributed by atoms with Gasteiger partial charge in [-0.3, -0.25) is 9.58 Å². The molecule has 0 bridgehead atoms. The van der Waals surface area contributed by atoms with Gasteiger partial charge in [0.05, 0.1) is 12.2 Å². The third-order valence-electron chi connectivity index (χ3n) is 3.85. The molecule has 4 unspecified atom stereocenters. The van der Waals surface area contributed by atoms with E-state index in [4.69, 9.17) is 5.73 Å². The van der Waals surface area contributed by atoms with Crippen molar-refractivity contribution in [3.05, 3.63) is 18.0 Å². The number of aryl methyl sites for hydroxylation is 1. The van der Waals surface area contributed by atoms with E-state index in [0.717, 1.165) is 6.54 Å². The van der Waals surface area contributed by atoms with E-state index in [9.17, 15) is 0 Å². The predicted octanol–water partition coefficient (Wildman–Crippen LogP) is 1.63. The summed E-state index contributed by atoms with van der Waals surface area (Å²) in [5.41, 5.74) is 7.47. The number of aromatic nitrogens is 2. The van der Waals surface area contributed by atoms with Gasteiger partial charge >= 0.3 is 0 Å². The molecule has 1 aromatic heterocycles. The number of nitrogens with two attached hydrogens (primary N) is 1. The lowest BCUT2D eigenvalue weighted by atomic mass is 9.99. The van der Waals surface area contributed by atoms with Gasteiger partial charge < -0.3 is 5.73 Å². The second kappa shape index (κ2) is 5.63. The minimum absolute atomic E-state index is 0.118. The zero-order valence-electron chi connectivity index (χ0n) is 11.7. The van der Waals surface area contributed by atoms with Crippen LogP contribution in [0.2, 0.25) is 0 Å². The summed E-state index contributed by atoms with van der Waals surface area (Å²) in [7, 11) is 1.96. The van der Waals surface area contributed by atoms with Crippen LogP contribution in [0.3, 0.4) is 0 Å². The Balaban J connectivity index is 2.24. The maximum Gasteiger partial charge on any atom is 0.0538 e. The molecule has 2 rings (SSSR count). The Bertz CT molecular complexity index is 390. The third-order valence-corrected chi connectivity index (χ3v) is 5.19. The Morgan fingerprint density at radius 3 is 2.78 bits per heavy atom. The van der Waals surface area contributed by atoms with Gasteiger partial charge in [0.1, 0.15) is 0 Å². The maximum absolute atomic E-state index is 6.23. The van der Waals surface area contributed by atoms with Crippen LogP contribution in [0, 0.1) is 0 Å². The number of hydrogen-bond donors (Lipinski definition) is 1. The summed E-state index contributed by atoms with van der Waals surface area (Å²) in [4.78, 5) is 2.54. The van der Waals surface area contributed by atoms with E-state index in [-0.39, 0.29) is 12.1 Å². The highest BCUT2D eigenvalue weighted by Crippen LogP contribution is 2.33. The second-order valence-corrected chi connectivity index (χ2v) is 6.79. The molecule has 0 spiro atoms. The van der Waals surface area contributed by atoms with Crippen molar-refractivity contribution in [2.75, 3.05) is 12.3 Å². The fourth-order valence-corrected chi connectivity index (χ4v) is 3.86. The molecule has 1 aromatic rings. The van der Waals surface area contributed by atoms with Crippen molar-refractivity contribution in [1.29, 1.82) is 0 Å². The summed E-state index contributed by atoms with van der Waals surface area (Å²) in [6, 6.07) is 0.948.